The van der Waals surface area contributed by atoms with Crippen molar-refractivity contribution in [3.05, 3.63) is 114 Å². The largest absolute Gasteiger partial charge is 0.356 e. The molecule has 0 aliphatic heterocycles. The number of Topliss-reactive ketones (excluding diaryl/α,β-unsaturated/α-hetero) is 1. The van der Waals surface area contributed by atoms with Gasteiger partial charge in [-0.25, -0.2) is 4.98 Å². The Morgan fingerprint density at radius 1 is 1.00 bits per heavy atom. The SMILES string of the molecule is CC1(C)CC(=O)c2c([nH]c(-c3cccnc3NC(=O)c3cnn(Cc4ccccc4)c3)c2Nc2ccccc2)C1. The molecule has 0 saturated carbocycles. The van der Waals surface area contributed by atoms with Crippen LogP contribution in [0.1, 0.15) is 52.2 Å². The molecule has 2 aromatic carbocycles. The van der Waals surface area contributed by atoms with E-state index < -0.39 is 0 Å². The number of nitrogens with zero attached hydrogens (tertiary/aromatic N) is 3. The van der Waals surface area contributed by atoms with E-state index in [1.807, 2.05) is 72.8 Å². The Morgan fingerprint density at radius 3 is 2.52 bits per heavy atom. The van der Waals surface area contributed by atoms with E-state index in [0.29, 0.717) is 46.9 Å². The third kappa shape index (κ3) is 5.16. The van der Waals surface area contributed by atoms with Crippen LogP contribution in [0.5, 0.6) is 0 Å². The number of anilines is 3. The van der Waals surface area contributed by atoms with Crippen molar-refractivity contribution >= 4 is 28.9 Å². The van der Waals surface area contributed by atoms with Gasteiger partial charge in [-0.2, -0.15) is 5.10 Å². The number of para-hydroxylation sites is 1. The number of pyridine rings is 1. The van der Waals surface area contributed by atoms with Crippen molar-refractivity contribution in [1.29, 1.82) is 0 Å². The van der Waals surface area contributed by atoms with Crippen LogP contribution < -0.4 is 10.6 Å². The first-order chi connectivity index (χ1) is 19.4. The van der Waals surface area contributed by atoms with Crippen LogP contribution >= 0.6 is 0 Å². The highest BCUT2D eigenvalue weighted by Crippen LogP contribution is 2.44. The molecule has 5 aromatic rings. The lowest BCUT2D eigenvalue weighted by atomic mass is 9.76. The van der Waals surface area contributed by atoms with Crippen LogP contribution in [0.25, 0.3) is 11.3 Å². The number of H-pyrrole nitrogens is 1. The van der Waals surface area contributed by atoms with Gasteiger partial charge in [0.2, 0.25) is 0 Å². The highest BCUT2D eigenvalue weighted by atomic mass is 16.1. The van der Waals surface area contributed by atoms with Crippen molar-refractivity contribution < 1.29 is 9.59 Å². The number of carbonyl (C=O) groups is 2. The van der Waals surface area contributed by atoms with Crippen LogP contribution in [0.15, 0.2) is 91.4 Å². The quantitative estimate of drug-likeness (QED) is 0.224. The lowest BCUT2D eigenvalue weighted by molar-refractivity contribution is 0.0912. The maximum absolute atomic E-state index is 13.4. The molecule has 0 radical (unpaired) electrons. The van der Waals surface area contributed by atoms with Crippen LogP contribution in [-0.4, -0.2) is 31.4 Å². The number of carbonyl (C=O) groups excluding carboxylic acids is 2. The van der Waals surface area contributed by atoms with Crippen LogP contribution in [0, 0.1) is 5.41 Å². The first-order valence-corrected chi connectivity index (χ1v) is 13.3. The summed E-state index contributed by atoms with van der Waals surface area (Å²) < 4.78 is 1.73. The molecule has 40 heavy (non-hydrogen) atoms. The summed E-state index contributed by atoms with van der Waals surface area (Å²) in [5.74, 6) is 0.169. The third-order valence-corrected chi connectivity index (χ3v) is 7.09. The van der Waals surface area contributed by atoms with Crippen molar-refractivity contribution in [1.82, 2.24) is 19.7 Å². The number of hydrogen-bond acceptors (Lipinski definition) is 5. The van der Waals surface area contributed by atoms with E-state index in [4.69, 9.17) is 0 Å². The fourth-order valence-electron chi connectivity index (χ4n) is 5.27. The molecular weight excluding hydrogens is 500 g/mol. The number of benzene rings is 2. The van der Waals surface area contributed by atoms with Crippen LogP contribution in [0.2, 0.25) is 0 Å². The third-order valence-electron chi connectivity index (χ3n) is 7.09. The van der Waals surface area contributed by atoms with E-state index >= 15 is 0 Å². The molecule has 3 heterocycles. The van der Waals surface area contributed by atoms with E-state index in [2.05, 4.69) is 39.5 Å². The molecule has 1 aliphatic carbocycles. The molecule has 3 N–H and O–H groups in total. The summed E-state index contributed by atoms with van der Waals surface area (Å²) >= 11 is 0. The maximum Gasteiger partial charge on any atom is 0.260 e. The predicted molar refractivity (Wildman–Crippen MR) is 156 cm³/mol. The van der Waals surface area contributed by atoms with E-state index in [9.17, 15) is 9.59 Å². The van der Waals surface area contributed by atoms with Crippen molar-refractivity contribution in [3.63, 3.8) is 0 Å². The van der Waals surface area contributed by atoms with Gasteiger partial charge in [0.25, 0.3) is 5.91 Å². The lowest BCUT2D eigenvalue weighted by Gasteiger charge is -2.28. The van der Waals surface area contributed by atoms with E-state index in [-0.39, 0.29) is 17.1 Å². The van der Waals surface area contributed by atoms with Gasteiger partial charge < -0.3 is 15.6 Å². The highest BCUT2D eigenvalue weighted by Gasteiger charge is 2.36. The molecule has 0 bridgehead atoms. The van der Waals surface area contributed by atoms with E-state index in [0.717, 1.165) is 23.4 Å². The molecule has 8 nitrogen and oxygen atoms in total. The van der Waals surface area contributed by atoms with Gasteiger partial charge in [0.1, 0.15) is 5.82 Å². The number of rotatable bonds is 7. The highest BCUT2D eigenvalue weighted by molar-refractivity contribution is 6.10. The zero-order valence-electron chi connectivity index (χ0n) is 22.4. The molecule has 6 rings (SSSR count). The molecule has 0 spiro atoms. The van der Waals surface area contributed by atoms with Crippen LogP contribution in [0.3, 0.4) is 0 Å². The van der Waals surface area contributed by atoms with Crippen molar-refractivity contribution in [3.8, 4) is 11.3 Å². The van der Waals surface area contributed by atoms with Crippen molar-refractivity contribution in [2.24, 2.45) is 5.41 Å². The number of ketones is 1. The molecule has 1 amide bonds. The summed E-state index contributed by atoms with van der Waals surface area (Å²) in [7, 11) is 0. The van der Waals surface area contributed by atoms with Gasteiger partial charge in [-0.15, -0.1) is 0 Å². The molecule has 8 heteroatoms. The molecule has 0 atom stereocenters. The van der Waals surface area contributed by atoms with E-state index in [1.54, 1.807) is 23.3 Å². The van der Waals surface area contributed by atoms with Crippen molar-refractivity contribution in [2.75, 3.05) is 10.6 Å². The Bertz CT molecular complexity index is 1690. The number of amides is 1. The van der Waals surface area contributed by atoms with Gasteiger partial charge in [0.15, 0.2) is 5.78 Å². The summed E-state index contributed by atoms with van der Waals surface area (Å²) in [6.07, 6.45) is 6.11. The smallest absolute Gasteiger partial charge is 0.260 e. The van der Waals surface area contributed by atoms with Crippen LogP contribution in [0.4, 0.5) is 17.2 Å². The second-order valence-electron chi connectivity index (χ2n) is 10.9. The number of aromatic amines is 1. The number of fused-ring (bicyclic) bond motifs is 1. The first kappa shape index (κ1) is 25.3. The fraction of sp³-hybridized carbons (Fsp3) is 0.188. The standard InChI is InChI=1S/C32H30N6O2/c1-32(2)16-25-27(26(39)17-32)29(35-23-12-7-4-8-13-23)28(36-25)24-14-9-15-33-30(24)37-31(40)22-18-34-38(20-22)19-21-10-5-3-6-11-21/h3-15,18,20,35-36H,16-17,19H2,1-2H3,(H,33,37,40). The molecule has 3 aromatic heterocycles. The second kappa shape index (κ2) is 10.3. The summed E-state index contributed by atoms with van der Waals surface area (Å²) in [4.78, 5) is 34.7. The minimum Gasteiger partial charge on any atom is -0.356 e. The van der Waals surface area contributed by atoms with Crippen molar-refractivity contribution in [2.45, 2.75) is 33.2 Å². The van der Waals surface area contributed by atoms with Gasteiger partial charge in [0, 0.05) is 35.8 Å². The molecule has 200 valence electrons. The zero-order chi connectivity index (χ0) is 27.7. The molecule has 0 saturated heterocycles. The number of nitrogens with one attached hydrogen (secondary N) is 3. The summed E-state index contributed by atoms with van der Waals surface area (Å²) in [6, 6.07) is 23.4. The average Bonchev–Trinajstić information content (AvgIpc) is 3.54. The fourth-order valence-corrected chi connectivity index (χ4v) is 5.27. The topological polar surface area (TPSA) is 105 Å². The minimum absolute atomic E-state index is 0.0903. The number of aromatic nitrogens is 4. The van der Waals surface area contributed by atoms with Crippen LogP contribution in [-0.2, 0) is 13.0 Å². The second-order valence-corrected chi connectivity index (χ2v) is 10.9. The van der Waals surface area contributed by atoms with Gasteiger partial charge in [-0.3, -0.25) is 14.3 Å². The summed E-state index contributed by atoms with van der Waals surface area (Å²) in [5, 5.41) is 10.8. The Morgan fingerprint density at radius 2 is 1.75 bits per heavy atom. The molecular formula is C32H30N6O2. The van der Waals surface area contributed by atoms with Gasteiger partial charge in [0.05, 0.1) is 35.2 Å². The first-order valence-electron chi connectivity index (χ1n) is 13.3. The number of hydrogen-bond donors (Lipinski definition) is 3. The lowest BCUT2D eigenvalue weighted by Crippen LogP contribution is -2.26. The van der Waals surface area contributed by atoms with Gasteiger partial charge in [-0.05, 0) is 41.7 Å². The van der Waals surface area contributed by atoms with Gasteiger partial charge in [-0.1, -0.05) is 62.4 Å². The molecule has 0 unspecified atom stereocenters. The maximum atomic E-state index is 13.4. The summed E-state index contributed by atoms with van der Waals surface area (Å²) in [6.45, 7) is 4.77. The molecule has 0 fully saturated rings. The normalized spacial score (nSPS) is 14.0. The Balaban J connectivity index is 1.34. The van der Waals surface area contributed by atoms with Gasteiger partial charge >= 0.3 is 0 Å². The Kier molecular flexibility index (Phi) is 6.51. The Labute approximate surface area is 232 Å². The molecule has 1 aliphatic rings. The van der Waals surface area contributed by atoms with E-state index in [1.165, 1.54) is 0 Å². The summed E-state index contributed by atoms with van der Waals surface area (Å²) in [5.41, 5.74) is 5.88. The average molecular weight is 531 g/mol. The predicted octanol–water partition coefficient (Wildman–Crippen LogP) is 6.47. The minimum atomic E-state index is -0.314. The Hall–Kier alpha value is -4.98. The zero-order valence-corrected chi connectivity index (χ0v) is 22.4. The monoisotopic (exact) mass is 530 g/mol.